The summed E-state index contributed by atoms with van der Waals surface area (Å²) in [5, 5.41) is 9.89. The van der Waals surface area contributed by atoms with Crippen molar-refractivity contribution in [2.75, 3.05) is 5.32 Å². The Morgan fingerprint density at radius 2 is 1.91 bits per heavy atom. The number of aliphatic imine (C=N–C) groups is 1. The van der Waals surface area contributed by atoms with Gasteiger partial charge in [0, 0.05) is 35.7 Å². The molecule has 7 heteroatoms. The molecule has 1 aromatic heterocycles. The van der Waals surface area contributed by atoms with Crippen molar-refractivity contribution in [1.29, 1.82) is 0 Å². The van der Waals surface area contributed by atoms with Crippen LogP contribution < -0.4 is 5.32 Å². The van der Waals surface area contributed by atoms with Crippen LogP contribution in [0.4, 0.5) is 5.69 Å². The second kappa shape index (κ2) is 8.05. The number of benzodiazepines with no additional fused rings is 1. The van der Waals surface area contributed by atoms with E-state index in [2.05, 4.69) is 34.7 Å². The van der Waals surface area contributed by atoms with Crippen molar-refractivity contribution in [2.24, 2.45) is 4.99 Å². The van der Waals surface area contributed by atoms with Crippen LogP contribution in [0.1, 0.15) is 28.4 Å². The van der Waals surface area contributed by atoms with Gasteiger partial charge in [0.25, 0.3) is 0 Å². The number of nitrogens with zero attached hydrogens (tertiary/aromatic N) is 3. The molecule has 1 unspecified atom stereocenters. The molecule has 0 radical (unpaired) electrons. The Morgan fingerprint density at radius 1 is 1.09 bits per heavy atom. The first-order valence-electron chi connectivity index (χ1n) is 10.2. The van der Waals surface area contributed by atoms with Crippen LogP contribution in [0.15, 0.2) is 78.0 Å². The Hall–Kier alpha value is -3.77. The first kappa shape index (κ1) is 20.2. The molecule has 5 rings (SSSR count). The molecule has 3 aromatic carbocycles. The highest BCUT2D eigenvalue weighted by Crippen LogP contribution is 2.28. The zero-order valence-corrected chi connectivity index (χ0v) is 18.0. The van der Waals surface area contributed by atoms with Gasteiger partial charge in [-0.15, -0.1) is 0 Å². The number of aromatic nitrogens is 2. The van der Waals surface area contributed by atoms with Crippen LogP contribution in [0.25, 0.3) is 10.8 Å². The van der Waals surface area contributed by atoms with Gasteiger partial charge in [-0.2, -0.15) is 5.10 Å². The second-order valence-electron chi connectivity index (χ2n) is 7.75. The number of carbonyl (C=O) groups excluding carboxylic acids is 2. The lowest BCUT2D eigenvalue weighted by molar-refractivity contribution is -0.117. The van der Waals surface area contributed by atoms with E-state index in [1.807, 2.05) is 18.2 Å². The van der Waals surface area contributed by atoms with Gasteiger partial charge < -0.3 is 5.32 Å². The fraction of sp³-hybridized carbons (Fsp3) is 0.120. The minimum Gasteiger partial charge on any atom is -0.324 e. The first-order chi connectivity index (χ1) is 15.5. The Kier molecular flexibility index (Phi) is 5.07. The molecule has 1 aliphatic rings. The smallest absolute Gasteiger partial charge is 0.249 e. The van der Waals surface area contributed by atoms with E-state index in [1.54, 1.807) is 30.6 Å². The van der Waals surface area contributed by atoms with E-state index in [1.165, 1.54) is 11.6 Å². The molecule has 1 N–H and O–H groups in total. The maximum atomic E-state index is 13.1. The number of rotatable bonds is 3. The summed E-state index contributed by atoms with van der Waals surface area (Å²) in [6.07, 6.45) is 3.63. The van der Waals surface area contributed by atoms with Crippen molar-refractivity contribution in [2.45, 2.75) is 19.4 Å². The predicted octanol–water partition coefficient (Wildman–Crippen LogP) is 4.75. The summed E-state index contributed by atoms with van der Waals surface area (Å²) in [7, 11) is 0. The normalized spacial score (nSPS) is 15.6. The number of amides is 1. The van der Waals surface area contributed by atoms with Crippen LogP contribution in [0.3, 0.4) is 0 Å². The highest BCUT2D eigenvalue weighted by Gasteiger charge is 2.27. The number of nitrogens with one attached hydrogen (secondary N) is 1. The van der Waals surface area contributed by atoms with Crippen LogP contribution in [0, 0.1) is 0 Å². The predicted molar refractivity (Wildman–Crippen MR) is 126 cm³/mol. The van der Waals surface area contributed by atoms with E-state index in [-0.39, 0.29) is 11.8 Å². The van der Waals surface area contributed by atoms with Crippen molar-refractivity contribution in [3.63, 3.8) is 0 Å². The van der Waals surface area contributed by atoms with E-state index in [0.29, 0.717) is 34.0 Å². The Bertz CT molecular complexity index is 1410. The van der Waals surface area contributed by atoms with Crippen molar-refractivity contribution >= 4 is 45.6 Å². The number of fused-ring (bicyclic) bond motifs is 2. The molecule has 0 fully saturated rings. The third kappa shape index (κ3) is 3.81. The van der Waals surface area contributed by atoms with Gasteiger partial charge in [0.15, 0.2) is 0 Å². The second-order valence-corrected chi connectivity index (χ2v) is 8.19. The highest BCUT2D eigenvalue weighted by molar-refractivity contribution is 6.32. The Labute approximate surface area is 189 Å². The summed E-state index contributed by atoms with van der Waals surface area (Å²) < 4.78 is 1.25. The largest absolute Gasteiger partial charge is 0.324 e. The molecule has 32 heavy (non-hydrogen) atoms. The number of hydrogen-bond acceptors (Lipinski definition) is 4. The topological polar surface area (TPSA) is 76.3 Å². The fourth-order valence-corrected chi connectivity index (χ4v) is 4.07. The number of carbonyl (C=O) groups is 2. The van der Waals surface area contributed by atoms with Crippen LogP contribution in [0.2, 0.25) is 5.02 Å². The lowest BCUT2D eigenvalue weighted by Gasteiger charge is -2.12. The number of benzene rings is 3. The standard InChI is InChI=1S/C25H19ClN4O2/c1-15(31)30-14-19(13-27-30)24-21-12-20(26)8-9-22(21)29-25(32)23(28-24)11-16-6-7-17-4-2-3-5-18(17)10-16/h2-10,12-14,23H,11H2,1H3,(H,29,32). The maximum Gasteiger partial charge on any atom is 0.249 e. The number of hydrogen-bond donors (Lipinski definition) is 1. The van der Waals surface area contributed by atoms with Crippen molar-refractivity contribution < 1.29 is 9.59 Å². The van der Waals surface area contributed by atoms with E-state index >= 15 is 0 Å². The van der Waals surface area contributed by atoms with Crippen LogP contribution in [-0.4, -0.2) is 33.3 Å². The molecule has 0 saturated carbocycles. The molecule has 1 aliphatic heterocycles. The molecule has 2 heterocycles. The van der Waals surface area contributed by atoms with E-state index in [9.17, 15) is 9.59 Å². The minimum atomic E-state index is -0.655. The zero-order valence-electron chi connectivity index (χ0n) is 17.2. The van der Waals surface area contributed by atoms with E-state index in [0.717, 1.165) is 16.3 Å². The van der Waals surface area contributed by atoms with Crippen molar-refractivity contribution in [3.8, 4) is 0 Å². The van der Waals surface area contributed by atoms with Gasteiger partial charge in [0.2, 0.25) is 11.8 Å². The van der Waals surface area contributed by atoms with Crippen LogP contribution in [0.5, 0.6) is 0 Å². The minimum absolute atomic E-state index is 0.198. The monoisotopic (exact) mass is 442 g/mol. The Morgan fingerprint density at radius 3 is 2.69 bits per heavy atom. The average molecular weight is 443 g/mol. The van der Waals surface area contributed by atoms with Gasteiger partial charge >= 0.3 is 0 Å². The van der Waals surface area contributed by atoms with Crippen LogP contribution in [-0.2, 0) is 11.2 Å². The molecule has 0 aliphatic carbocycles. The Balaban J connectivity index is 1.59. The van der Waals surface area contributed by atoms with Gasteiger partial charge in [0.05, 0.1) is 17.6 Å². The molecule has 4 aromatic rings. The molecule has 0 bridgehead atoms. The fourth-order valence-electron chi connectivity index (χ4n) is 3.90. The van der Waals surface area contributed by atoms with Crippen LogP contribution >= 0.6 is 11.6 Å². The summed E-state index contributed by atoms with van der Waals surface area (Å²) >= 11 is 6.25. The van der Waals surface area contributed by atoms with Gasteiger partial charge in [0.1, 0.15) is 6.04 Å². The third-order valence-corrected chi connectivity index (χ3v) is 5.74. The summed E-state index contributed by atoms with van der Waals surface area (Å²) in [6, 6.07) is 18.9. The van der Waals surface area contributed by atoms with Crippen molar-refractivity contribution in [3.05, 3.63) is 94.8 Å². The molecule has 1 atom stereocenters. The third-order valence-electron chi connectivity index (χ3n) is 5.50. The molecule has 1 amide bonds. The molecule has 0 spiro atoms. The molecule has 6 nitrogen and oxygen atoms in total. The lowest BCUT2D eigenvalue weighted by atomic mass is 10.0. The van der Waals surface area contributed by atoms with Gasteiger partial charge in [-0.25, -0.2) is 4.68 Å². The first-order valence-corrected chi connectivity index (χ1v) is 10.6. The molecular formula is C25H19ClN4O2. The number of anilines is 1. The van der Waals surface area contributed by atoms with Gasteiger partial charge in [-0.1, -0.05) is 54.1 Å². The van der Waals surface area contributed by atoms with Gasteiger partial charge in [-0.3, -0.25) is 14.6 Å². The molecular weight excluding hydrogens is 424 g/mol. The quantitative estimate of drug-likeness (QED) is 0.497. The maximum absolute atomic E-state index is 13.1. The molecule has 158 valence electrons. The highest BCUT2D eigenvalue weighted by atomic mass is 35.5. The lowest BCUT2D eigenvalue weighted by Crippen LogP contribution is -2.27. The van der Waals surface area contributed by atoms with Gasteiger partial charge in [-0.05, 0) is 34.5 Å². The zero-order chi connectivity index (χ0) is 22.2. The summed E-state index contributed by atoms with van der Waals surface area (Å²) in [4.78, 5) is 29.7. The summed E-state index contributed by atoms with van der Waals surface area (Å²) in [5.74, 6) is -0.408. The average Bonchev–Trinajstić information content (AvgIpc) is 3.23. The number of halogens is 1. The summed E-state index contributed by atoms with van der Waals surface area (Å²) in [6.45, 7) is 1.43. The van der Waals surface area contributed by atoms with E-state index in [4.69, 9.17) is 16.6 Å². The molecule has 0 saturated heterocycles. The summed E-state index contributed by atoms with van der Waals surface area (Å²) in [5.41, 5.74) is 3.53. The van der Waals surface area contributed by atoms with Crippen molar-refractivity contribution in [1.82, 2.24) is 9.78 Å². The SMILES string of the molecule is CC(=O)n1cc(C2=NC(Cc3ccc4ccccc4c3)C(=O)Nc3ccc(Cl)cc32)cn1. The van der Waals surface area contributed by atoms with E-state index < -0.39 is 6.04 Å².